The van der Waals surface area contributed by atoms with Gasteiger partial charge < -0.3 is 4.74 Å². The van der Waals surface area contributed by atoms with Gasteiger partial charge in [0.05, 0.1) is 12.5 Å². The van der Waals surface area contributed by atoms with Crippen molar-refractivity contribution < 1.29 is 14.3 Å². The van der Waals surface area contributed by atoms with E-state index in [0.29, 0.717) is 25.0 Å². The molecule has 0 saturated heterocycles. The Hall–Kier alpha value is -1.64. The standard InChI is InChI=1S/C14H16O3/c1-2-17-14(16)12-8-5-9-13(15)11-7-4-3-6-10(11)12/h3-4,6-7,12H,2,5,8-9H2,1H3. The zero-order chi connectivity index (χ0) is 12.3. The second-order valence-corrected chi connectivity index (χ2v) is 4.21. The summed E-state index contributed by atoms with van der Waals surface area (Å²) in [4.78, 5) is 23.8. The van der Waals surface area contributed by atoms with Gasteiger partial charge in [-0.25, -0.2) is 0 Å². The molecule has 17 heavy (non-hydrogen) atoms. The highest BCUT2D eigenvalue weighted by molar-refractivity contribution is 5.99. The van der Waals surface area contributed by atoms with Crippen LogP contribution in [-0.4, -0.2) is 18.4 Å². The Kier molecular flexibility index (Phi) is 3.57. The quantitative estimate of drug-likeness (QED) is 0.581. The van der Waals surface area contributed by atoms with Crippen LogP contribution in [0.4, 0.5) is 0 Å². The van der Waals surface area contributed by atoms with E-state index in [1.807, 2.05) is 18.2 Å². The van der Waals surface area contributed by atoms with Gasteiger partial charge in [0.1, 0.15) is 0 Å². The topological polar surface area (TPSA) is 43.4 Å². The molecule has 3 heteroatoms. The molecule has 0 heterocycles. The summed E-state index contributed by atoms with van der Waals surface area (Å²) >= 11 is 0. The number of hydrogen-bond donors (Lipinski definition) is 0. The van der Waals surface area contributed by atoms with Crippen molar-refractivity contribution >= 4 is 11.8 Å². The minimum Gasteiger partial charge on any atom is -0.466 e. The van der Waals surface area contributed by atoms with Gasteiger partial charge in [0.15, 0.2) is 5.78 Å². The normalized spacial score (nSPS) is 19.4. The van der Waals surface area contributed by atoms with E-state index in [-0.39, 0.29) is 17.7 Å². The zero-order valence-corrected chi connectivity index (χ0v) is 9.94. The lowest BCUT2D eigenvalue weighted by molar-refractivity contribution is -0.145. The first-order chi connectivity index (χ1) is 8.24. The smallest absolute Gasteiger partial charge is 0.313 e. The predicted octanol–water partition coefficient (Wildman–Crippen LogP) is 2.70. The molecule has 1 aromatic carbocycles. The summed E-state index contributed by atoms with van der Waals surface area (Å²) in [6, 6.07) is 7.36. The maximum atomic E-state index is 11.9. The number of Topliss-reactive ketones (excluding diaryl/α,β-unsaturated/α-hetero) is 1. The number of rotatable bonds is 2. The van der Waals surface area contributed by atoms with E-state index in [2.05, 4.69) is 0 Å². The van der Waals surface area contributed by atoms with Crippen LogP contribution in [0, 0.1) is 0 Å². The molecule has 0 fully saturated rings. The van der Waals surface area contributed by atoms with Gasteiger partial charge in [0.2, 0.25) is 0 Å². The van der Waals surface area contributed by atoms with Gasteiger partial charge in [0, 0.05) is 12.0 Å². The summed E-state index contributed by atoms with van der Waals surface area (Å²) in [6.45, 7) is 2.18. The first-order valence-corrected chi connectivity index (χ1v) is 6.02. The molecular weight excluding hydrogens is 216 g/mol. The van der Waals surface area contributed by atoms with Crippen LogP contribution in [0.1, 0.15) is 48.0 Å². The molecule has 0 aliphatic heterocycles. The highest BCUT2D eigenvalue weighted by Crippen LogP contribution is 2.31. The Morgan fingerprint density at radius 3 is 2.94 bits per heavy atom. The third-order valence-corrected chi connectivity index (χ3v) is 3.10. The lowest BCUT2D eigenvalue weighted by Crippen LogP contribution is -2.16. The molecule has 1 atom stereocenters. The summed E-state index contributed by atoms with van der Waals surface area (Å²) in [5.74, 6) is -0.361. The first kappa shape index (κ1) is 11.8. The fourth-order valence-electron chi connectivity index (χ4n) is 2.30. The summed E-state index contributed by atoms with van der Waals surface area (Å²) in [6.07, 6.45) is 1.96. The van der Waals surface area contributed by atoms with Crippen molar-refractivity contribution in [2.75, 3.05) is 6.61 Å². The SMILES string of the molecule is CCOC(=O)C1CCCC(=O)c2ccccc21. The Bertz CT molecular complexity index is 437. The number of ether oxygens (including phenoxy) is 1. The molecule has 0 bridgehead atoms. The Labute approximate surface area is 101 Å². The van der Waals surface area contributed by atoms with Gasteiger partial charge in [-0.1, -0.05) is 24.3 Å². The van der Waals surface area contributed by atoms with Gasteiger partial charge in [-0.05, 0) is 25.3 Å². The van der Waals surface area contributed by atoms with Gasteiger partial charge in [-0.2, -0.15) is 0 Å². The molecule has 3 nitrogen and oxygen atoms in total. The van der Waals surface area contributed by atoms with Crippen molar-refractivity contribution in [2.45, 2.75) is 32.1 Å². The van der Waals surface area contributed by atoms with Crippen LogP contribution in [0.15, 0.2) is 24.3 Å². The van der Waals surface area contributed by atoms with Crippen LogP contribution in [-0.2, 0) is 9.53 Å². The molecule has 0 amide bonds. The predicted molar refractivity (Wildman–Crippen MR) is 64.0 cm³/mol. The molecule has 0 spiro atoms. The average molecular weight is 232 g/mol. The van der Waals surface area contributed by atoms with Crippen LogP contribution in [0.25, 0.3) is 0 Å². The highest BCUT2D eigenvalue weighted by atomic mass is 16.5. The summed E-state index contributed by atoms with van der Waals surface area (Å²) in [7, 11) is 0. The van der Waals surface area contributed by atoms with Crippen molar-refractivity contribution in [1.29, 1.82) is 0 Å². The lowest BCUT2D eigenvalue weighted by atomic mass is 9.92. The lowest BCUT2D eigenvalue weighted by Gasteiger charge is -2.15. The zero-order valence-electron chi connectivity index (χ0n) is 9.94. The maximum absolute atomic E-state index is 11.9. The average Bonchev–Trinajstić information content (AvgIpc) is 2.50. The molecule has 0 N–H and O–H groups in total. The fraction of sp³-hybridized carbons (Fsp3) is 0.429. The van der Waals surface area contributed by atoms with Gasteiger partial charge in [-0.3, -0.25) is 9.59 Å². The van der Waals surface area contributed by atoms with Crippen LogP contribution in [0.5, 0.6) is 0 Å². The van der Waals surface area contributed by atoms with Crippen molar-refractivity contribution in [3.8, 4) is 0 Å². The molecule has 0 radical (unpaired) electrons. The Morgan fingerprint density at radius 1 is 1.41 bits per heavy atom. The molecule has 90 valence electrons. The summed E-state index contributed by atoms with van der Waals surface area (Å²) in [5, 5.41) is 0. The summed E-state index contributed by atoms with van der Waals surface area (Å²) < 4.78 is 5.08. The monoisotopic (exact) mass is 232 g/mol. The second-order valence-electron chi connectivity index (χ2n) is 4.21. The van der Waals surface area contributed by atoms with Gasteiger partial charge in [0.25, 0.3) is 0 Å². The van der Waals surface area contributed by atoms with Crippen molar-refractivity contribution in [3.63, 3.8) is 0 Å². The number of ketones is 1. The number of carbonyl (C=O) groups is 2. The second kappa shape index (κ2) is 5.13. The van der Waals surface area contributed by atoms with E-state index in [1.54, 1.807) is 13.0 Å². The number of benzene rings is 1. The van der Waals surface area contributed by atoms with Crippen LogP contribution >= 0.6 is 0 Å². The number of esters is 1. The fourth-order valence-corrected chi connectivity index (χ4v) is 2.30. The van der Waals surface area contributed by atoms with E-state index in [4.69, 9.17) is 4.74 Å². The molecule has 1 aliphatic rings. The molecule has 1 aliphatic carbocycles. The third kappa shape index (κ3) is 2.38. The number of hydrogen-bond acceptors (Lipinski definition) is 3. The van der Waals surface area contributed by atoms with E-state index in [9.17, 15) is 9.59 Å². The highest BCUT2D eigenvalue weighted by Gasteiger charge is 2.28. The van der Waals surface area contributed by atoms with E-state index < -0.39 is 0 Å². The molecule has 1 unspecified atom stereocenters. The number of fused-ring (bicyclic) bond motifs is 1. The molecular formula is C14H16O3. The minimum atomic E-state index is -0.280. The third-order valence-electron chi connectivity index (χ3n) is 3.10. The van der Waals surface area contributed by atoms with Crippen LogP contribution < -0.4 is 0 Å². The first-order valence-electron chi connectivity index (χ1n) is 6.02. The Balaban J connectivity index is 2.38. The molecule has 1 aromatic rings. The van der Waals surface area contributed by atoms with Crippen molar-refractivity contribution in [1.82, 2.24) is 0 Å². The minimum absolute atomic E-state index is 0.132. The van der Waals surface area contributed by atoms with Gasteiger partial charge in [-0.15, -0.1) is 0 Å². The van der Waals surface area contributed by atoms with Crippen molar-refractivity contribution in [2.24, 2.45) is 0 Å². The largest absolute Gasteiger partial charge is 0.466 e. The Morgan fingerprint density at radius 2 is 2.18 bits per heavy atom. The van der Waals surface area contributed by atoms with E-state index in [1.165, 1.54) is 0 Å². The van der Waals surface area contributed by atoms with Gasteiger partial charge >= 0.3 is 5.97 Å². The van der Waals surface area contributed by atoms with E-state index >= 15 is 0 Å². The van der Waals surface area contributed by atoms with E-state index in [0.717, 1.165) is 12.0 Å². The molecule has 2 rings (SSSR count). The molecule has 0 aromatic heterocycles. The molecule has 0 saturated carbocycles. The summed E-state index contributed by atoms with van der Waals surface area (Å²) in [5.41, 5.74) is 1.51. The van der Waals surface area contributed by atoms with Crippen molar-refractivity contribution in [3.05, 3.63) is 35.4 Å². The number of carbonyl (C=O) groups excluding carboxylic acids is 2. The van der Waals surface area contributed by atoms with Crippen LogP contribution in [0.3, 0.4) is 0 Å². The van der Waals surface area contributed by atoms with Crippen LogP contribution in [0.2, 0.25) is 0 Å². The maximum Gasteiger partial charge on any atom is 0.313 e.